The Morgan fingerprint density at radius 1 is 1.05 bits per heavy atom. The van der Waals surface area contributed by atoms with Gasteiger partial charge in [-0.3, -0.25) is 0 Å². The van der Waals surface area contributed by atoms with Gasteiger partial charge in [0, 0.05) is 11.1 Å². The van der Waals surface area contributed by atoms with Crippen LogP contribution in [-0.4, -0.2) is 5.04 Å². The van der Waals surface area contributed by atoms with Crippen LogP contribution in [0.2, 0.25) is 0 Å². The Hall–Kier alpha value is -2.25. The van der Waals surface area contributed by atoms with Crippen LogP contribution in [0.4, 0.5) is 0 Å². The highest BCUT2D eigenvalue weighted by Crippen LogP contribution is 2.38. The summed E-state index contributed by atoms with van der Waals surface area (Å²) in [6, 6.07) is 19.4. The van der Waals surface area contributed by atoms with Crippen molar-refractivity contribution in [3.05, 3.63) is 71.3 Å². The number of thioether (sulfide) groups is 1. The molecule has 2 aromatic carbocycles. The minimum atomic E-state index is -0.0909. The van der Waals surface area contributed by atoms with Gasteiger partial charge in [0.2, 0.25) is 5.44 Å². The molecule has 1 unspecified atom stereocenters. The van der Waals surface area contributed by atoms with Crippen molar-refractivity contribution in [2.75, 3.05) is 0 Å². The van der Waals surface area contributed by atoms with Gasteiger partial charge < -0.3 is 4.84 Å². The van der Waals surface area contributed by atoms with Gasteiger partial charge in [0.25, 0.3) is 0 Å². The maximum absolute atomic E-state index is 8.77. The lowest BCUT2D eigenvalue weighted by molar-refractivity contribution is 0.131. The van der Waals surface area contributed by atoms with Crippen LogP contribution in [0.1, 0.15) is 22.1 Å². The second-order valence-electron chi connectivity index (χ2n) is 4.05. The van der Waals surface area contributed by atoms with Gasteiger partial charge in [0.1, 0.15) is 5.04 Å². The van der Waals surface area contributed by atoms with E-state index in [1.54, 1.807) is 23.9 Å². The van der Waals surface area contributed by atoms with E-state index in [0.29, 0.717) is 5.56 Å². The third-order valence-corrected chi connectivity index (χ3v) is 3.89. The predicted molar refractivity (Wildman–Crippen MR) is 75.6 cm³/mol. The molecule has 19 heavy (non-hydrogen) atoms. The molecule has 1 aliphatic rings. The Labute approximate surface area is 115 Å². The maximum atomic E-state index is 8.77. The lowest BCUT2D eigenvalue weighted by Gasteiger charge is -2.06. The first-order valence-electron chi connectivity index (χ1n) is 5.83. The number of oxime groups is 1. The first-order valence-corrected chi connectivity index (χ1v) is 6.71. The Bertz CT molecular complexity index is 644. The van der Waals surface area contributed by atoms with Gasteiger partial charge >= 0.3 is 0 Å². The minimum Gasteiger partial charge on any atom is -0.375 e. The molecule has 0 fully saturated rings. The fourth-order valence-electron chi connectivity index (χ4n) is 1.79. The van der Waals surface area contributed by atoms with E-state index in [4.69, 9.17) is 10.1 Å². The number of hydrogen-bond donors (Lipinski definition) is 0. The topological polar surface area (TPSA) is 45.4 Å². The Balaban J connectivity index is 1.76. The minimum absolute atomic E-state index is 0.0909. The highest BCUT2D eigenvalue weighted by molar-refractivity contribution is 8.14. The molecule has 0 aliphatic carbocycles. The lowest BCUT2D eigenvalue weighted by atomic mass is 10.2. The molecule has 3 rings (SSSR count). The molecular weight excluding hydrogens is 256 g/mol. The summed E-state index contributed by atoms with van der Waals surface area (Å²) >= 11 is 1.58. The van der Waals surface area contributed by atoms with Crippen LogP contribution < -0.4 is 0 Å². The molecule has 0 bridgehead atoms. The van der Waals surface area contributed by atoms with Gasteiger partial charge in [-0.15, -0.1) is 0 Å². The largest absolute Gasteiger partial charge is 0.375 e. The van der Waals surface area contributed by atoms with E-state index in [9.17, 15) is 0 Å². The van der Waals surface area contributed by atoms with Gasteiger partial charge in [0.15, 0.2) is 0 Å². The summed E-state index contributed by atoms with van der Waals surface area (Å²) < 4.78 is 0. The van der Waals surface area contributed by atoms with E-state index >= 15 is 0 Å². The fraction of sp³-hybridized carbons (Fsp3) is 0.0667. The summed E-state index contributed by atoms with van der Waals surface area (Å²) in [4.78, 5) is 5.45. The fourth-order valence-corrected chi connectivity index (χ4v) is 2.73. The maximum Gasteiger partial charge on any atom is 0.204 e. The molecule has 0 saturated carbocycles. The van der Waals surface area contributed by atoms with E-state index < -0.39 is 0 Å². The standard InChI is InChI=1S/C15H10N2OS/c16-10-11-6-8-12(9-7-11)14-17-18-15(19-14)13-4-2-1-3-5-13/h1-9,15H. The SMILES string of the molecule is N#Cc1ccc(C2=NOC(c3ccccc3)S2)cc1. The van der Waals surface area contributed by atoms with Crippen LogP contribution in [0.25, 0.3) is 0 Å². The second kappa shape index (κ2) is 5.17. The number of nitriles is 1. The zero-order valence-corrected chi connectivity index (χ0v) is 10.8. The lowest BCUT2D eigenvalue weighted by Crippen LogP contribution is -1.94. The van der Waals surface area contributed by atoms with E-state index in [1.165, 1.54) is 0 Å². The quantitative estimate of drug-likeness (QED) is 0.832. The molecule has 0 N–H and O–H groups in total. The Morgan fingerprint density at radius 3 is 2.47 bits per heavy atom. The molecule has 0 aromatic heterocycles. The molecule has 0 saturated heterocycles. The van der Waals surface area contributed by atoms with Gasteiger partial charge in [-0.05, 0) is 12.1 Å². The van der Waals surface area contributed by atoms with E-state index in [-0.39, 0.29) is 5.44 Å². The third-order valence-electron chi connectivity index (χ3n) is 2.78. The van der Waals surface area contributed by atoms with Crippen LogP contribution >= 0.6 is 11.8 Å². The molecule has 1 heterocycles. The summed E-state index contributed by atoms with van der Waals surface area (Å²) in [5, 5.41) is 13.7. The first-order chi connectivity index (χ1) is 9.36. The van der Waals surface area contributed by atoms with Crippen molar-refractivity contribution >= 4 is 16.8 Å². The highest BCUT2D eigenvalue weighted by atomic mass is 32.2. The van der Waals surface area contributed by atoms with Crippen LogP contribution in [0.15, 0.2) is 59.8 Å². The van der Waals surface area contributed by atoms with Gasteiger partial charge in [-0.2, -0.15) is 5.26 Å². The monoisotopic (exact) mass is 266 g/mol. The number of nitrogens with zero attached hydrogens (tertiary/aromatic N) is 2. The van der Waals surface area contributed by atoms with Crippen molar-refractivity contribution in [1.82, 2.24) is 0 Å². The number of benzene rings is 2. The Morgan fingerprint density at radius 2 is 1.79 bits per heavy atom. The third kappa shape index (κ3) is 2.47. The summed E-state index contributed by atoms with van der Waals surface area (Å²) in [6.45, 7) is 0. The molecule has 1 aliphatic heterocycles. The molecule has 1 atom stereocenters. The van der Waals surface area contributed by atoms with Gasteiger partial charge in [-0.1, -0.05) is 59.4 Å². The summed E-state index contributed by atoms with van der Waals surface area (Å²) in [6.07, 6.45) is 0. The second-order valence-corrected chi connectivity index (χ2v) is 5.10. The predicted octanol–water partition coefficient (Wildman–Crippen LogP) is 3.68. The summed E-state index contributed by atoms with van der Waals surface area (Å²) in [5.74, 6) is 0. The molecule has 0 spiro atoms. The van der Waals surface area contributed by atoms with Gasteiger partial charge in [-0.25, -0.2) is 0 Å². The summed E-state index contributed by atoms with van der Waals surface area (Å²) in [5.41, 5.74) is 2.63. The molecule has 3 nitrogen and oxygen atoms in total. The van der Waals surface area contributed by atoms with Crippen molar-refractivity contribution in [1.29, 1.82) is 5.26 Å². The van der Waals surface area contributed by atoms with E-state index in [2.05, 4.69) is 11.2 Å². The summed E-state index contributed by atoms with van der Waals surface area (Å²) in [7, 11) is 0. The first kappa shape index (κ1) is 11.8. The van der Waals surface area contributed by atoms with Crippen LogP contribution in [-0.2, 0) is 4.84 Å². The zero-order chi connectivity index (χ0) is 13.1. The molecule has 0 amide bonds. The normalized spacial score (nSPS) is 17.4. The van der Waals surface area contributed by atoms with Crippen LogP contribution in [0, 0.1) is 11.3 Å². The van der Waals surface area contributed by atoms with Crippen molar-refractivity contribution < 1.29 is 4.84 Å². The highest BCUT2D eigenvalue weighted by Gasteiger charge is 2.24. The zero-order valence-electron chi connectivity index (χ0n) is 9.98. The van der Waals surface area contributed by atoms with Crippen molar-refractivity contribution in [2.24, 2.45) is 5.16 Å². The molecule has 4 heteroatoms. The molecule has 92 valence electrons. The van der Waals surface area contributed by atoms with E-state index in [1.807, 2.05) is 42.5 Å². The van der Waals surface area contributed by atoms with Crippen LogP contribution in [0.5, 0.6) is 0 Å². The Kier molecular flexibility index (Phi) is 3.21. The van der Waals surface area contributed by atoms with Crippen LogP contribution in [0.3, 0.4) is 0 Å². The number of rotatable bonds is 2. The van der Waals surface area contributed by atoms with E-state index in [0.717, 1.165) is 16.2 Å². The average molecular weight is 266 g/mol. The molecule has 0 radical (unpaired) electrons. The van der Waals surface area contributed by atoms with Gasteiger partial charge in [0.05, 0.1) is 11.6 Å². The molecular formula is C15H10N2OS. The van der Waals surface area contributed by atoms with Crippen molar-refractivity contribution in [2.45, 2.75) is 5.44 Å². The average Bonchev–Trinajstić information content (AvgIpc) is 2.98. The van der Waals surface area contributed by atoms with Crippen molar-refractivity contribution in [3.8, 4) is 6.07 Å². The van der Waals surface area contributed by atoms with Crippen molar-refractivity contribution in [3.63, 3.8) is 0 Å². The smallest absolute Gasteiger partial charge is 0.204 e. The number of hydrogen-bond acceptors (Lipinski definition) is 4. The molecule has 2 aromatic rings.